The van der Waals surface area contributed by atoms with Crippen molar-refractivity contribution in [2.24, 2.45) is 0 Å². The molecular formula is C30H29BrN2O4. The van der Waals surface area contributed by atoms with Crippen molar-refractivity contribution in [3.8, 4) is 11.5 Å². The Morgan fingerprint density at radius 1 is 0.919 bits per heavy atom. The molecule has 0 saturated heterocycles. The van der Waals surface area contributed by atoms with Gasteiger partial charge in [-0.15, -0.1) is 0 Å². The third kappa shape index (κ3) is 6.49. The maximum Gasteiger partial charge on any atom is 0.261 e. The van der Waals surface area contributed by atoms with Gasteiger partial charge in [0.15, 0.2) is 6.61 Å². The molecule has 7 heteroatoms. The van der Waals surface area contributed by atoms with Crippen LogP contribution in [0.25, 0.3) is 10.8 Å². The Bertz CT molecular complexity index is 1380. The molecule has 2 amide bonds. The minimum Gasteiger partial charge on any atom is -0.497 e. The lowest BCUT2D eigenvalue weighted by Crippen LogP contribution is -2.51. The van der Waals surface area contributed by atoms with Crippen LogP contribution in [0.15, 0.2) is 95.5 Å². The van der Waals surface area contributed by atoms with E-state index in [0.717, 1.165) is 26.4 Å². The number of halogens is 1. The maximum atomic E-state index is 13.7. The molecular weight excluding hydrogens is 532 g/mol. The van der Waals surface area contributed by atoms with E-state index in [0.29, 0.717) is 17.9 Å². The zero-order valence-corrected chi connectivity index (χ0v) is 22.4. The molecule has 0 aliphatic carbocycles. The van der Waals surface area contributed by atoms with Gasteiger partial charge in [0.25, 0.3) is 5.91 Å². The summed E-state index contributed by atoms with van der Waals surface area (Å²) in [6.45, 7) is 0.00635. The van der Waals surface area contributed by atoms with E-state index in [1.807, 2.05) is 91.0 Å². The quantitative estimate of drug-likeness (QED) is 0.283. The molecule has 37 heavy (non-hydrogen) atoms. The standard InChI is InChI=1S/C30H29BrN2O4/c1-32-30(35)26(18-21-9-4-3-5-10-21)33(19-22-11-8-13-24(17-22)36-2)28(34)20-37-27-16-15-23-12-6-7-14-25(23)29(27)31/h3-17,26H,18-20H2,1-2H3,(H,32,35). The van der Waals surface area contributed by atoms with Gasteiger partial charge in [0.1, 0.15) is 17.5 Å². The minimum atomic E-state index is -0.727. The van der Waals surface area contributed by atoms with Crippen LogP contribution in [0, 0.1) is 0 Å². The molecule has 190 valence electrons. The van der Waals surface area contributed by atoms with Gasteiger partial charge < -0.3 is 19.7 Å². The lowest BCUT2D eigenvalue weighted by atomic mass is 10.0. The number of carbonyl (C=O) groups excluding carboxylic acids is 2. The molecule has 0 aromatic heterocycles. The molecule has 0 fully saturated rings. The number of fused-ring (bicyclic) bond motifs is 1. The van der Waals surface area contributed by atoms with E-state index in [1.54, 1.807) is 19.1 Å². The van der Waals surface area contributed by atoms with E-state index in [-0.39, 0.29) is 25.0 Å². The number of nitrogens with one attached hydrogen (secondary N) is 1. The van der Waals surface area contributed by atoms with Crippen LogP contribution < -0.4 is 14.8 Å². The fourth-order valence-electron chi connectivity index (χ4n) is 4.24. The summed E-state index contributed by atoms with van der Waals surface area (Å²) in [4.78, 5) is 28.3. The smallest absolute Gasteiger partial charge is 0.261 e. The number of ether oxygens (including phenoxy) is 2. The van der Waals surface area contributed by atoms with Crippen molar-refractivity contribution in [2.75, 3.05) is 20.8 Å². The normalized spacial score (nSPS) is 11.5. The fraction of sp³-hybridized carbons (Fsp3) is 0.200. The average molecular weight is 561 g/mol. The molecule has 4 aromatic rings. The highest BCUT2D eigenvalue weighted by molar-refractivity contribution is 9.10. The largest absolute Gasteiger partial charge is 0.497 e. The van der Waals surface area contributed by atoms with Crippen molar-refractivity contribution < 1.29 is 19.1 Å². The molecule has 0 radical (unpaired) electrons. The number of hydrogen-bond donors (Lipinski definition) is 1. The maximum absolute atomic E-state index is 13.7. The summed E-state index contributed by atoms with van der Waals surface area (Å²) >= 11 is 3.62. The number of methoxy groups -OCH3 is 1. The van der Waals surface area contributed by atoms with Crippen LogP contribution in [0.2, 0.25) is 0 Å². The lowest BCUT2D eigenvalue weighted by molar-refractivity contribution is -0.142. The lowest BCUT2D eigenvalue weighted by Gasteiger charge is -2.31. The highest BCUT2D eigenvalue weighted by atomic mass is 79.9. The Kier molecular flexibility index (Phi) is 8.80. The van der Waals surface area contributed by atoms with Crippen LogP contribution in [0.1, 0.15) is 11.1 Å². The van der Waals surface area contributed by atoms with Crippen molar-refractivity contribution in [2.45, 2.75) is 19.0 Å². The first kappa shape index (κ1) is 26.2. The molecule has 0 saturated carbocycles. The SMILES string of the molecule is CNC(=O)C(Cc1ccccc1)N(Cc1cccc(OC)c1)C(=O)COc1ccc2ccccc2c1Br. The number of nitrogens with zero attached hydrogens (tertiary/aromatic N) is 1. The first-order valence-electron chi connectivity index (χ1n) is 12.0. The molecule has 0 bridgehead atoms. The Morgan fingerprint density at radius 2 is 1.65 bits per heavy atom. The second kappa shape index (κ2) is 12.4. The number of benzene rings is 4. The summed E-state index contributed by atoms with van der Waals surface area (Å²) in [5.41, 5.74) is 1.80. The molecule has 6 nitrogen and oxygen atoms in total. The van der Waals surface area contributed by atoms with E-state index in [1.165, 1.54) is 0 Å². The van der Waals surface area contributed by atoms with Gasteiger partial charge in [0.05, 0.1) is 11.6 Å². The molecule has 4 rings (SSSR count). The molecule has 0 aliphatic heterocycles. The monoisotopic (exact) mass is 560 g/mol. The Labute approximate surface area is 225 Å². The van der Waals surface area contributed by atoms with Gasteiger partial charge in [-0.3, -0.25) is 9.59 Å². The van der Waals surface area contributed by atoms with Crippen LogP contribution in [0.4, 0.5) is 0 Å². The zero-order valence-electron chi connectivity index (χ0n) is 20.8. The van der Waals surface area contributed by atoms with E-state index in [2.05, 4.69) is 21.2 Å². The Hall–Kier alpha value is -3.84. The highest BCUT2D eigenvalue weighted by Crippen LogP contribution is 2.33. The predicted octanol–water partition coefficient (Wildman–Crippen LogP) is 5.38. The van der Waals surface area contributed by atoms with Crippen LogP contribution in [0.3, 0.4) is 0 Å². The van der Waals surface area contributed by atoms with Gasteiger partial charge in [-0.05, 0) is 56.0 Å². The first-order chi connectivity index (χ1) is 18.0. The minimum absolute atomic E-state index is 0.219. The molecule has 0 heterocycles. The average Bonchev–Trinajstić information content (AvgIpc) is 2.94. The van der Waals surface area contributed by atoms with Crippen LogP contribution in [-0.4, -0.2) is 43.5 Å². The van der Waals surface area contributed by atoms with Crippen LogP contribution >= 0.6 is 15.9 Å². The summed E-state index contributed by atoms with van der Waals surface area (Å²) in [6, 6.07) is 28.2. The molecule has 4 aromatic carbocycles. The third-order valence-electron chi connectivity index (χ3n) is 6.18. The molecule has 0 aliphatic rings. The van der Waals surface area contributed by atoms with Gasteiger partial charge in [-0.25, -0.2) is 0 Å². The van der Waals surface area contributed by atoms with E-state index >= 15 is 0 Å². The van der Waals surface area contributed by atoms with E-state index in [4.69, 9.17) is 9.47 Å². The first-order valence-corrected chi connectivity index (χ1v) is 12.8. The third-order valence-corrected chi connectivity index (χ3v) is 7.00. The summed E-state index contributed by atoms with van der Waals surface area (Å²) in [7, 11) is 3.18. The molecule has 1 N–H and O–H groups in total. The van der Waals surface area contributed by atoms with Crippen molar-refractivity contribution in [3.63, 3.8) is 0 Å². The number of likely N-dealkylation sites (N-methyl/N-ethyl adjacent to an activating group) is 1. The Balaban J connectivity index is 1.62. The van der Waals surface area contributed by atoms with Gasteiger partial charge in [0, 0.05) is 20.0 Å². The van der Waals surface area contributed by atoms with E-state index in [9.17, 15) is 9.59 Å². The molecule has 1 atom stereocenters. The summed E-state index contributed by atoms with van der Waals surface area (Å²) in [6.07, 6.45) is 0.371. The second-order valence-corrected chi connectivity index (χ2v) is 9.37. The van der Waals surface area contributed by atoms with Crippen molar-refractivity contribution in [1.29, 1.82) is 0 Å². The van der Waals surface area contributed by atoms with Gasteiger partial charge in [-0.2, -0.15) is 0 Å². The summed E-state index contributed by atoms with van der Waals surface area (Å²) < 4.78 is 12.1. The highest BCUT2D eigenvalue weighted by Gasteiger charge is 2.30. The zero-order chi connectivity index (χ0) is 26.2. The summed E-state index contributed by atoms with van der Waals surface area (Å²) in [5.74, 6) is 0.702. The van der Waals surface area contributed by atoms with Crippen LogP contribution in [-0.2, 0) is 22.6 Å². The van der Waals surface area contributed by atoms with E-state index < -0.39 is 6.04 Å². The van der Waals surface area contributed by atoms with Crippen molar-refractivity contribution in [3.05, 3.63) is 107 Å². The number of carbonyl (C=O) groups is 2. The second-order valence-electron chi connectivity index (χ2n) is 8.58. The van der Waals surface area contributed by atoms with Gasteiger partial charge >= 0.3 is 0 Å². The number of amides is 2. The van der Waals surface area contributed by atoms with Gasteiger partial charge in [0.2, 0.25) is 5.91 Å². The molecule has 0 spiro atoms. The van der Waals surface area contributed by atoms with Crippen molar-refractivity contribution in [1.82, 2.24) is 10.2 Å². The van der Waals surface area contributed by atoms with Crippen LogP contribution in [0.5, 0.6) is 11.5 Å². The molecule has 1 unspecified atom stereocenters. The van der Waals surface area contributed by atoms with Gasteiger partial charge in [-0.1, -0.05) is 72.8 Å². The topological polar surface area (TPSA) is 67.9 Å². The van der Waals surface area contributed by atoms with Crippen molar-refractivity contribution >= 4 is 38.5 Å². The number of hydrogen-bond acceptors (Lipinski definition) is 4. The Morgan fingerprint density at radius 3 is 2.41 bits per heavy atom. The number of rotatable bonds is 10. The summed E-state index contributed by atoms with van der Waals surface area (Å²) in [5, 5.41) is 4.78. The predicted molar refractivity (Wildman–Crippen MR) is 149 cm³/mol. The fourth-order valence-corrected chi connectivity index (χ4v) is 4.84.